The van der Waals surface area contributed by atoms with Gasteiger partial charge in [-0.3, -0.25) is 4.79 Å². The molecule has 1 heteroatoms. The van der Waals surface area contributed by atoms with Gasteiger partial charge in [-0.2, -0.15) is 0 Å². The van der Waals surface area contributed by atoms with E-state index >= 15 is 0 Å². The van der Waals surface area contributed by atoms with Crippen molar-refractivity contribution in [1.82, 2.24) is 0 Å². The van der Waals surface area contributed by atoms with Crippen molar-refractivity contribution in [2.24, 2.45) is 17.8 Å². The predicted molar refractivity (Wildman–Crippen MR) is 62.3 cm³/mol. The summed E-state index contributed by atoms with van der Waals surface area (Å²) in [6.45, 7) is 10.6. The Balaban J connectivity index is 4.03. The van der Waals surface area contributed by atoms with Crippen LogP contribution in [0.15, 0.2) is 0 Å². The van der Waals surface area contributed by atoms with Gasteiger partial charge in [0.2, 0.25) is 0 Å². The highest BCUT2D eigenvalue weighted by molar-refractivity contribution is 5.82. The highest BCUT2D eigenvalue weighted by Crippen LogP contribution is 2.22. The standard InChI is InChI=1S/C13H26O/c1-6-8-9-11(4)12(5)13(14)10(3)7-2/h10-12H,6-9H2,1-5H3. The maximum absolute atomic E-state index is 11.9. The molecule has 0 aromatic heterocycles. The third-order valence-corrected chi connectivity index (χ3v) is 3.41. The molecule has 0 spiro atoms. The Morgan fingerprint density at radius 1 is 1.14 bits per heavy atom. The van der Waals surface area contributed by atoms with Crippen LogP contribution >= 0.6 is 0 Å². The van der Waals surface area contributed by atoms with Crippen molar-refractivity contribution in [3.63, 3.8) is 0 Å². The number of hydrogen-bond donors (Lipinski definition) is 0. The molecule has 0 aliphatic rings. The monoisotopic (exact) mass is 198 g/mol. The molecule has 0 aromatic rings. The first-order chi connectivity index (χ1) is 6.54. The van der Waals surface area contributed by atoms with E-state index in [4.69, 9.17) is 0 Å². The molecule has 0 bridgehead atoms. The van der Waals surface area contributed by atoms with Crippen molar-refractivity contribution in [2.45, 2.75) is 60.3 Å². The van der Waals surface area contributed by atoms with E-state index in [9.17, 15) is 4.79 Å². The number of carbonyl (C=O) groups is 1. The van der Waals surface area contributed by atoms with Crippen LogP contribution < -0.4 is 0 Å². The molecular weight excluding hydrogens is 172 g/mol. The Labute approximate surface area is 89.3 Å². The van der Waals surface area contributed by atoms with Crippen molar-refractivity contribution >= 4 is 5.78 Å². The van der Waals surface area contributed by atoms with Crippen molar-refractivity contribution in [3.05, 3.63) is 0 Å². The van der Waals surface area contributed by atoms with Crippen molar-refractivity contribution < 1.29 is 4.79 Å². The van der Waals surface area contributed by atoms with Gasteiger partial charge in [0.05, 0.1) is 0 Å². The van der Waals surface area contributed by atoms with Gasteiger partial charge in [-0.15, -0.1) is 0 Å². The van der Waals surface area contributed by atoms with Gasteiger partial charge in [-0.05, 0) is 12.3 Å². The molecule has 0 rings (SSSR count). The number of Topliss-reactive ketones (excluding diaryl/α,β-unsaturated/α-hetero) is 1. The van der Waals surface area contributed by atoms with Crippen LogP contribution in [0, 0.1) is 17.8 Å². The number of unbranched alkanes of at least 4 members (excludes halogenated alkanes) is 1. The van der Waals surface area contributed by atoms with Gasteiger partial charge in [0.15, 0.2) is 0 Å². The molecule has 0 fully saturated rings. The van der Waals surface area contributed by atoms with E-state index in [1.165, 1.54) is 19.3 Å². The topological polar surface area (TPSA) is 17.1 Å². The highest BCUT2D eigenvalue weighted by atomic mass is 16.1. The number of rotatable bonds is 7. The molecule has 0 aliphatic heterocycles. The Morgan fingerprint density at radius 3 is 2.14 bits per heavy atom. The molecule has 0 heterocycles. The summed E-state index contributed by atoms with van der Waals surface area (Å²) >= 11 is 0. The summed E-state index contributed by atoms with van der Waals surface area (Å²) in [4.78, 5) is 11.9. The van der Waals surface area contributed by atoms with Crippen molar-refractivity contribution in [3.8, 4) is 0 Å². The lowest BCUT2D eigenvalue weighted by molar-refractivity contribution is -0.127. The van der Waals surface area contributed by atoms with Gasteiger partial charge >= 0.3 is 0 Å². The van der Waals surface area contributed by atoms with Gasteiger partial charge in [-0.1, -0.05) is 53.9 Å². The second-order valence-corrected chi connectivity index (χ2v) is 4.62. The first-order valence-corrected chi connectivity index (χ1v) is 6.08. The summed E-state index contributed by atoms with van der Waals surface area (Å²) in [7, 11) is 0. The number of hydrogen-bond acceptors (Lipinski definition) is 1. The second-order valence-electron chi connectivity index (χ2n) is 4.62. The maximum atomic E-state index is 11.9. The van der Waals surface area contributed by atoms with Crippen LogP contribution in [-0.2, 0) is 4.79 Å². The fourth-order valence-electron chi connectivity index (χ4n) is 1.71. The second kappa shape index (κ2) is 7.03. The van der Waals surface area contributed by atoms with Crippen LogP contribution in [0.25, 0.3) is 0 Å². The lowest BCUT2D eigenvalue weighted by Gasteiger charge is -2.21. The molecule has 0 radical (unpaired) electrons. The molecule has 14 heavy (non-hydrogen) atoms. The molecule has 0 saturated heterocycles. The zero-order valence-corrected chi connectivity index (χ0v) is 10.5. The van der Waals surface area contributed by atoms with E-state index in [-0.39, 0.29) is 11.8 Å². The molecule has 3 atom stereocenters. The number of carbonyl (C=O) groups excluding carboxylic acids is 1. The van der Waals surface area contributed by atoms with E-state index in [1.807, 2.05) is 6.92 Å². The molecule has 0 aliphatic carbocycles. The van der Waals surface area contributed by atoms with Crippen LogP contribution in [0.4, 0.5) is 0 Å². The van der Waals surface area contributed by atoms with Gasteiger partial charge in [0.1, 0.15) is 5.78 Å². The van der Waals surface area contributed by atoms with Crippen LogP contribution in [0.5, 0.6) is 0 Å². The minimum absolute atomic E-state index is 0.245. The quantitative estimate of drug-likeness (QED) is 0.603. The van der Waals surface area contributed by atoms with E-state index < -0.39 is 0 Å². The smallest absolute Gasteiger partial charge is 0.138 e. The Hall–Kier alpha value is -0.330. The van der Waals surface area contributed by atoms with E-state index in [0.29, 0.717) is 11.7 Å². The van der Waals surface area contributed by atoms with E-state index in [2.05, 4.69) is 27.7 Å². The zero-order chi connectivity index (χ0) is 11.1. The van der Waals surface area contributed by atoms with Crippen LogP contribution in [0.2, 0.25) is 0 Å². The average molecular weight is 198 g/mol. The first-order valence-electron chi connectivity index (χ1n) is 6.08. The van der Waals surface area contributed by atoms with Gasteiger partial charge in [0.25, 0.3) is 0 Å². The van der Waals surface area contributed by atoms with E-state index in [0.717, 1.165) is 6.42 Å². The lowest BCUT2D eigenvalue weighted by atomic mass is 9.83. The molecule has 1 nitrogen and oxygen atoms in total. The maximum Gasteiger partial charge on any atom is 0.138 e. The molecule has 0 N–H and O–H groups in total. The molecule has 0 saturated carbocycles. The van der Waals surface area contributed by atoms with Gasteiger partial charge in [0, 0.05) is 11.8 Å². The summed E-state index contributed by atoms with van der Waals surface area (Å²) in [5, 5.41) is 0. The molecular formula is C13H26O. The Morgan fingerprint density at radius 2 is 1.71 bits per heavy atom. The van der Waals surface area contributed by atoms with Crippen LogP contribution in [-0.4, -0.2) is 5.78 Å². The highest BCUT2D eigenvalue weighted by Gasteiger charge is 2.23. The minimum Gasteiger partial charge on any atom is -0.299 e. The largest absolute Gasteiger partial charge is 0.299 e. The Kier molecular flexibility index (Phi) is 6.86. The average Bonchev–Trinajstić information content (AvgIpc) is 2.22. The summed E-state index contributed by atoms with van der Waals surface area (Å²) in [5.74, 6) is 1.50. The fourth-order valence-corrected chi connectivity index (χ4v) is 1.71. The molecule has 0 aromatic carbocycles. The van der Waals surface area contributed by atoms with Gasteiger partial charge in [-0.25, -0.2) is 0 Å². The third kappa shape index (κ3) is 4.26. The predicted octanol–water partition coefficient (Wildman–Crippen LogP) is 4.06. The Bertz CT molecular complexity index is 163. The van der Waals surface area contributed by atoms with Crippen LogP contribution in [0.3, 0.4) is 0 Å². The summed E-state index contributed by atoms with van der Waals surface area (Å²) in [5.41, 5.74) is 0. The lowest BCUT2D eigenvalue weighted by Crippen LogP contribution is -2.24. The minimum atomic E-state index is 0.245. The normalized spacial score (nSPS) is 17.5. The third-order valence-electron chi connectivity index (χ3n) is 3.41. The SMILES string of the molecule is CCCCC(C)C(C)C(=O)C(C)CC. The van der Waals surface area contributed by atoms with E-state index in [1.54, 1.807) is 0 Å². The first kappa shape index (κ1) is 13.7. The molecule has 0 amide bonds. The van der Waals surface area contributed by atoms with Crippen molar-refractivity contribution in [1.29, 1.82) is 0 Å². The molecule has 3 unspecified atom stereocenters. The summed E-state index contributed by atoms with van der Waals surface area (Å²) in [6, 6.07) is 0. The van der Waals surface area contributed by atoms with Gasteiger partial charge < -0.3 is 0 Å². The molecule has 84 valence electrons. The van der Waals surface area contributed by atoms with Crippen molar-refractivity contribution in [2.75, 3.05) is 0 Å². The number of ketones is 1. The fraction of sp³-hybridized carbons (Fsp3) is 0.923. The zero-order valence-electron chi connectivity index (χ0n) is 10.5. The summed E-state index contributed by atoms with van der Waals surface area (Å²) in [6.07, 6.45) is 4.65. The summed E-state index contributed by atoms with van der Waals surface area (Å²) < 4.78 is 0. The van der Waals surface area contributed by atoms with Crippen LogP contribution in [0.1, 0.15) is 60.3 Å².